The summed E-state index contributed by atoms with van der Waals surface area (Å²) < 4.78 is 33.5. The minimum absolute atomic E-state index is 0.217. The van der Waals surface area contributed by atoms with E-state index in [-0.39, 0.29) is 12.5 Å². The Morgan fingerprint density at radius 2 is 1.83 bits per heavy atom. The molecule has 0 aromatic heterocycles. The number of anilines is 1. The van der Waals surface area contributed by atoms with Gasteiger partial charge in [0.05, 0.1) is 12.5 Å². The number of rotatable bonds is 8. The van der Waals surface area contributed by atoms with E-state index in [1.807, 2.05) is 50.2 Å². The van der Waals surface area contributed by atoms with Crippen LogP contribution in [0, 0.1) is 12.8 Å². The van der Waals surface area contributed by atoms with Crippen LogP contribution in [-0.4, -0.2) is 32.9 Å². The van der Waals surface area contributed by atoms with Crippen molar-refractivity contribution >= 4 is 21.6 Å². The highest BCUT2D eigenvalue weighted by molar-refractivity contribution is 7.93. The molecule has 1 saturated heterocycles. The number of carbonyl (C=O) groups is 1. The summed E-state index contributed by atoms with van der Waals surface area (Å²) in [5.41, 5.74) is 7.86. The Labute approximate surface area is 171 Å². The van der Waals surface area contributed by atoms with E-state index < -0.39 is 21.3 Å². The summed E-state index contributed by atoms with van der Waals surface area (Å²) in [5.74, 6) is -0.337. The molecule has 1 amide bonds. The van der Waals surface area contributed by atoms with Gasteiger partial charge in [0.2, 0.25) is 5.91 Å². The number of amides is 1. The molecule has 0 radical (unpaired) electrons. The molecule has 156 valence electrons. The fourth-order valence-electron chi connectivity index (χ4n) is 3.04. The van der Waals surface area contributed by atoms with E-state index in [9.17, 15) is 13.2 Å². The average molecular weight is 419 g/mol. The van der Waals surface area contributed by atoms with E-state index >= 15 is 0 Å². The topological polar surface area (TPSA) is 109 Å². The summed E-state index contributed by atoms with van der Waals surface area (Å²) >= 11 is 0. The third-order valence-corrected chi connectivity index (χ3v) is 6.25. The molecule has 2 aromatic rings. The second kappa shape index (κ2) is 9.25. The van der Waals surface area contributed by atoms with Crippen LogP contribution in [0.2, 0.25) is 0 Å². The highest BCUT2D eigenvalue weighted by atomic mass is 32.2. The zero-order valence-electron chi connectivity index (χ0n) is 16.4. The van der Waals surface area contributed by atoms with Crippen molar-refractivity contribution in [3.05, 3.63) is 59.7 Å². The first-order valence-corrected chi connectivity index (χ1v) is 11.0. The number of hydrogen-bond donors (Lipinski definition) is 4. The number of benzene rings is 2. The molecule has 1 aliphatic rings. The quantitative estimate of drug-likeness (QED) is 0.517. The molecule has 3 rings (SSSR count). The van der Waals surface area contributed by atoms with Gasteiger partial charge < -0.3 is 10.1 Å². The number of hydrogen-bond acceptors (Lipinski definition) is 6. The highest BCUT2D eigenvalue weighted by Crippen LogP contribution is 2.19. The van der Waals surface area contributed by atoms with Crippen LogP contribution in [0.4, 0.5) is 5.69 Å². The molecule has 4 N–H and O–H groups in total. The average Bonchev–Trinajstić information content (AvgIpc) is 3.20. The third-order valence-electron chi connectivity index (χ3n) is 4.62. The zero-order valence-corrected chi connectivity index (χ0v) is 17.3. The van der Waals surface area contributed by atoms with Gasteiger partial charge in [-0.25, -0.2) is 13.8 Å². The molecule has 0 saturated carbocycles. The fraction of sp³-hybridized carbons (Fsp3) is 0.350. The summed E-state index contributed by atoms with van der Waals surface area (Å²) in [6, 6.07) is 14.4. The highest BCUT2D eigenvalue weighted by Gasteiger charge is 2.41. The van der Waals surface area contributed by atoms with Crippen molar-refractivity contribution in [2.45, 2.75) is 25.8 Å². The Balaban J connectivity index is 1.61. The molecule has 2 atom stereocenters. The van der Waals surface area contributed by atoms with E-state index in [1.54, 1.807) is 12.1 Å². The monoisotopic (exact) mass is 418 g/mol. The Morgan fingerprint density at radius 3 is 2.48 bits per heavy atom. The van der Waals surface area contributed by atoms with Gasteiger partial charge in [-0.1, -0.05) is 29.8 Å². The standard InChI is InChI=1S/C20H26N4O4S/c1-3-28-17-10-6-15(7-11-17)12-21-19(25)18-13-22-23-20(18)29(26,27)24-16-8-4-14(2)5-9-16/h4-11,18,20,22-24H,3,12-13H2,1-2H3,(H,21,25). The van der Waals surface area contributed by atoms with Gasteiger partial charge in [-0.05, 0) is 43.7 Å². The Bertz CT molecular complexity index is 930. The van der Waals surface area contributed by atoms with Crippen LogP contribution >= 0.6 is 0 Å². The van der Waals surface area contributed by atoms with Gasteiger partial charge in [0, 0.05) is 18.8 Å². The van der Waals surface area contributed by atoms with Crippen LogP contribution in [0.5, 0.6) is 5.75 Å². The van der Waals surface area contributed by atoms with Gasteiger partial charge >= 0.3 is 0 Å². The van der Waals surface area contributed by atoms with Crippen molar-refractivity contribution in [3.8, 4) is 5.75 Å². The molecule has 2 aromatic carbocycles. The number of aryl methyl sites for hydroxylation is 1. The number of carbonyl (C=O) groups excluding carboxylic acids is 1. The van der Waals surface area contributed by atoms with Gasteiger partial charge in [0.25, 0.3) is 10.0 Å². The maximum Gasteiger partial charge on any atom is 0.250 e. The largest absolute Gasteiger partial charge is 0.494 e. The maximum absolute atomic E-state index is 12.8. The fourth-order valence-corrected chi connectivity index (χ4v) is 4.52. The molecule has 1 heterocycles. The summed E-state index contributed by atoms with van der Waals surface area (Å²) in [6.45, 7) is 4.94. The normalized spacial score (nSPS) is 19.0. The summed E-state index contributed by atoms with van der Waals surface area (Å²) in [4.78, 5) is 12.6. The molecule has 29 heavy (non-hydrogen) atoms. The molecule has 1 fully saturated rings. The molecule has 0 bridgehead atoms. The van der Waals surface area contributed by atoms with Crippen LogP contribution < -0.4 is 25.6 Å². The lowest BCUT2D eigenvalue weighted by atomic mass is 10.1. The van der Waals surface area contributed by atoms with Crippen molar-refractivity contribution in [3.63, 3.8) is 0 Å². The van der Waals surface area contributed by atoms with Gasteiger partial charge in [0.15, 0.2) is 5.37 Å². The molecule has 9 heteroatoms. The lowest BCUT2D eigenvalue weighted by Crippen LogP contribution is -2.46. The predicted molar refractivity (Wildman–Crippen MR) is 112 cm³/mol. The summed E-state index contributed by atoms with van der Waals surface area (Å²) in [7, 11) is -3.82. The Morgan fingerprint density at radius 1 is 1.14 bits per heavy atom. The van der Waals surface area contributed by atoms with Crippen molar-refractivity contribution in [1.29, 1.82) is 0 Å². The van der Waals surface area contributed by atoms with E-state index in [0.717, 1.165) is 16.9 Å². The lowest BCUT2D eigenvalue weighted by molar-refractivity contribution is -0.124. The SMILES string of the molecule is CCOc1ccc(CNC(=O)C2CNNC2S(=O)(=O)Nc2ccc(C)cc2)cc1. The van der Waals surface area contributed by atoms with Crippen molar-refractivity contribution in [2.24, 2.45) is 5.92 Å². The molecular weight excluding hydrogens is 392 g/mol. The Kier molecular flexibility index (Phi) is 6.73. The van der Waals surface area contributed by atoms with E-state index in [2.05, 4.69) is 20.9 Å². The van der Waals surface area contributed by atoms with E-state index in [4.69, 9.17) is 4.74 Å². The van der Waals surface area contributed by atoms with Crippen LogP contribution in [0.25, 0.3) is 0 Å². The van der Waals surface area contributed by atoms with Crippen LogP contribution in [0.3, 0.4) is 0 Å². The van der Waals surface area contributed by atoms with Crippen LogP contribution in [0.15, 0.2) is 48.5 Å². The molecular formula is C20H26N4O4S. The minimum Gasteiger partial charge on any atom is -0.494 e. The minimum atomic E-state index is -3.82. The van der Waals surface area contributed by atoms with Gasteiger partial charge in [-0.2, -0.15) is 0 Å². The second-order valence-corrected chi connectivity index (χ2v) is 8.66. The van der Waals surface area contributed by atoms with Crippen molar-refractivity contribution in [2.75, 3.05) is 17.9 Å². The van der Waals surface area contributed by atoms with Gasteiger partial charge in [-0.3, -0.25) is 14.9 Å². The summed E-state index contributed by atoms with van der Waals surface area (Å²) in [5, 5.41) is 1.73. The maximum atomic E-state index is 12.8. The summed E-state index contributed by atoms with van der Waals surface area (Å²) in [6.07, 6.45) is 0. The van der Waals surface area contributed by atoms with E-state index in [1.165, 1.54) is 0 Å². The second-order valence-electron chi connectivity index (χ2n) is 6.86. The molecule has 2 unspecified atom stereocenters. The molecule has 8 nitrogen and oxygen atoms in total. The molecule has 0 aliphatic carbocycles. The smallest absolute Gasteiger partial charge is 0.250 e. The Hall–Kier alpha value is -2.62. The first-order chi connectivity index (χ1) is 13.9. The van der Waals surface area contributed by atoms with Gasteiger partial charge in [0.1, 0.15) is 5.75 Å². The van der Waals surface area contributed by atoms with Crippen LogP contribution in [0.1, 0.15) is 18.1 Å². The molecule has 0 spiro atoms. The van der Waals surface area contributed by atoms with E-state index in [0.29, 0.717) is 18.8 Å². The first-order valence-electron chi connectivity index (χ1n) is 9.45. The predicted octanol–water partition coefficient (Wildman–Crippen LogP) is 1.50. The van der Waals surface area contributed by atoms with Crippen LogP contribution in [-0.2, 0) is 21.4 Å². The number of hydrazine groups is 1. The zero-order chi connectivity index (χ0) is 20.9. The van der Waals surface area contributed by atoms with Crippen molar-refractivity contribution in [1.82, 2.24) is 16.2 Å². The van der Waals surface area contributed by atoms with Crippen molar-refractivity contribution < 1.29 is 17.9 Å². The lowest BCUT2D eigenvalue weighted by Gasteiger charge is -2.19. The number of ether oxygens (including phenoxy) is 1. The number of sulfonamides is 1. The third kappa shape index (κ3) is 5.47. The first kappa shape index (κ1) is 21.1. The van der Waals surface area contributed by atoms with Gasteiger partial charge in [-0.15, -0.1) is 0 Å². The molecule has 1 aliphatic heterocycles. The number of nitrogens with one attached hydrogen (secondary N) is 4.